The predicted molar refractivity (Wildman–Crippen MR) is 98.6 cm³/mol. The number of halogens is 2. The van der Waals surface area contributed by atoms with Gasteiger partial charge in [0.05, 0.1) is 16.3 Å². The van der Waals surface area contributed by atoms with E-state index < -0.39 is 0 Å². The van der Waals surface area contributed by atoms with Gasteiger partial charge < -0.3 is 9.73 Å². The van der Waals surface area contributed by atoms with Crippen molar-refractivity contribution in [3.63, 3.8) is 0 Å². The molecule has 0 aliphatic carbocycles. The van der Waals surface area contributed by atoms with E-state index in [-0.39, 0.29) is 5.91 Å². The second-order valence-electron chi connectivity index (χ2n) is 5.55. The molecular formula is C19H16Cl2N2O2. The first-order valence-electron chi connectivity index (χ1n) is 7.81. The van der Waals surface area contributed by atoms with Crippen LogP contribution in [0.15, 0.2) is 59.3 Å². The molecule has 0 fully saturated rings. The van der Waals surface area contributed by atoms with Crippen LogP contribution in [0.3, 0.4) is 0 Å². The molecule has 6 heteroatoms. The Kier molecular flexibility index (Phi) is 5.74. The molecule has 2 heterocycles. The minimum Gasteiger partial charge on any atom is -0.463 e. The van der Waals surface area contributed by atoms with Crippen LogP contribution in [0.5, 0.6) is 0 Å². The second-order valence-corrected chi connectivity index (χ2v) is 6.37. The Bertz CT molecular complexity index is 864. The summed E-state index contributed by atoms with van der Waals surface area (Å²) >= 11 is 11.9. The number of aromatic nitrogens is 1. The number of carbonyl (C=O) groups excluding carboxylic acids is 1. The van der Waals surface area contributed by atoms with Gasteiger partial charge in [-0.2, -0.15) is 0 Å². The Balaban J connectivity index is 1.52. The fourth-order valence-corrected chi connectivity index (χ4v) is 2.71. The van der Waals surface area contributed by atoms with Gasteiger partial charge in [-0.15, -0.1) is 0 Å². The maximum Gasteiger partial charge on any atom is 0.220 e. The Labute approximate surface area is 155 Å². The third kappa shape index (κ3) is 4.84. The third-order valence-electron chi connectivity index (χ3n) is 3.71. The Morgan fingerprint density at radius 2 is 1.96 bits per heavy atom. The van der Waals surface area contributed by atoms with Gasteiger partial charge in [0.25, 0.3) is 0 Å². The lowest BCUT2D eigenvalue weighted by molar-refractivity contribution is -0.121. The van der Waals surface area contributed by atoms with Crippen LogP contribution in [-0.2, 0) is 17.8 Å². The second kappa shape index (κ2) is 8.19. The molecule has 0 saturated heterocycles. The highest BCUT2D eigenvalue weighted by Crippen LogP contribution is 2.23. The lowest BCUT2D eigenvalue weighted by atomic mass is 10.1. The van der Waals surface area contributed by atoms with Crippen LogP contribution in [-0.4, -0.2) is 10.9 Å². The first-order valence-corrected chi connectivity index (χ1v) is 8.57. The maximum atomic E-state index is 12.1. The summed E-state index contributed by atoms with van der Waals surface area (Å²) in [5.41, 5.74) is 2.69. The van der Waals surface area contributed by atoms with Crippen molar-refractivity contribution in [1.82, 2.24) is 10.3 Å². The molecule has 0 aliphatic heterocycles. The summed E-state index contributed by atoms with van der Waals surface area (Å²) in [5, 5.41) is 3.93. The highest BCUT2D eigenvalue weighted by molar-refractivity contribution is 6.42. The normalized spacial score (nSPS) is 10.6. The number of rotatable bonds is 6. The highest BCUT2D eigenvalue weighted by atomic mass is 35.5. The average molecular weight is 375 g/mol. The van der Waals surface area contributed by atoms with E-state index in [1.165, 1.54) is 0 Å². The number of aryl methyl sites for hydroxylation is 1. The number of amides is 1. The van der Waals surface area contributed by atoms with Crippen LogP contribution in [0.25, 0.3) is 11.5 Å². The summed E-state index contributed by atoms with van der Waals surface area (Å²) in [5.74, 6) is 0.676. The van der Waals surface area contributed by atoms with Gasteiger partial charge in [0.15, 0.2) is 5.76 Å². The van der Waals surface area contributed by atoms with Gasteiger partial charge in [-0.3, -0.25) is 9.78 Å². The highest BCUT2D eigenvalue weighted by Gasteiger charge is 2.06. The van der Waals surface area contributed by atoms with E-state index in [9.17, 15) is 4.79 Å². The van der Waals surface area contributed by atoms with E-state index in [0.717, 1.165) is 16.8 Å². The first kappa shape index (κ1) is 17.5. The van der Waals surface area contributed by atoms with Gasteiger partial charge >= 0.3 is 0 Å². The summed E-state index contributed by atoms with van der Waals surface area (Å²) in [4.78, 5) is 16.3. The quantitative estimate of drug-likeness (QED) is 0.667. The van der Waals surface area contributed by atoms with Crippen LogP contribution in [0, 0.1) is 0 Å². The number of hydrogen-bond donors (Lipinski definition) is 1. The lowest BCUT2D eigenvalue weighted by Crippen LogP contribution is -2.23. The number of nitrogens with one attached hydrogen (secondary N) is 1. The van der Waals surface area contributed by atoms with Crippen LogP contribution in [0.2, 0.25) is 10.0 Å². The molecule has 25 heavy (non-hydrogen) atoms. The molecule has 0 radical (unpaired) electrons. The number of nitrogens with zero attached hydrogens (tertiary/aromatic N) is 1. The van der Waals surface area contributed by atoms with Gasteiger partial charge in [-0.05, 0) is 53.9 Å². The molecule has 4 nitrogen and oxygen atoms in total. The topological polar surface area (TPSA) is 55.1 Å². The number of pyridine rings is 1. The average Bonchev–Trinajstić information content (AvgIpc) is 3.16. The molecule has 1 aromatic carbocycles. The van der Waals surface area contributed by atoms with Crippen LogP contribution in [0.4, 0.5) is 0 Å². The molecule has 0 bridgehead atoms. The van der Waals surface area contributed by atoms with E-state index in [1.54, 1.807) is 24.6 Å². The van der Waals surface area contributed by atoms with Crippen LogP contribution >= 0.6 is 23.2 Å². The molecule has 0 spiro atoms. The van der Waals surface area contributed by atoms with E-state index in [2.05, 4.69) is 10.3 Å². The zero-order valence-electron chi connectivity index (χ0n) is 13.3. The van der Waals surface area contributed by atoms with Gasteiger partial charge in [0, 0.05) is 19.2 Å². The van der Waals surface area contributed by atoms with E-state index in [1.807, 2.05) is 30.3 Å². The summed E-state index contributed by atoms with van der Waals surface area (Å²) in [6.45, 7) is 0.441. The van der Waals surface area contributed by atoms with Gasteiger partial charge in [-0.1, -0.05) is 29.3 Å². The fraction of sp³-hybridized carbons (Fsp3) is 0.158. The molecule has 3 aromatic rings. The van der Waals surface area contributed by atoms with Crippen LogP contribution < -0.4 is 5.32 Å². The van der Waals surface area contributed by atoms with Crippen molar-refractivity contribution in [1.29, 1.82) is 0 Å². The van der Waals surface area contributed by atoms with Crippen molar-refractivity contribution in [2.24, 2.45) is 0 Å². The van der Waals surface area contributed by atoms with Gasteiger partial charge in [0.2, 0.25) is 5.91 Å². The monoisotopic (exact) mass is 374 g/mol. The SMILES string of the molecule is O=C(CCc1ccc(Cl)c(Cl)c1)NCc1ccnc(-c2ccco2)c1. The molecule has 0 saturated carbocycles. The first-order chi connectivity index (χ1) is 12.1. The molecule has 1 N–H and O–H groups in total. The van der Waals surface area contributed by atoms with Crippen molar-refractivity contribution in [2.75, 3.05) is 0 Å². The molecular weight excluding hydrogens is 359 g/mol. The standard InChI is InChI=1S/C19H16Cl2N2O2/c20-15-5-3-13(10-16(15)21)4-6-19(24)23-12-14-7-8-22-17(11-14)18-2-1-9-25-18/h1-3,5,7-11H,4,6,12H2,(H,23,24). The Hall–Kier alpha value is -2.30. The molecule has 0 atom stereocenters. The van der Waals surface area contributed by atoms with Gasteiger partial charge in [0.1, 0.15) is 5.69 Å². The third-order valence-corrected chi connectivity index (χ3v) is 4.45. The number of carbonyl (C=O) groups is 1. The van der Waals surface area contributed by atoms with Crippen molar-refractivity contribution in [3.8, 4) is 11.5 Å². The summed E-state index contributed by atoms with van der Waals surface area (Å²) in [6, 6.07) is 12.8. The minimum absolute atomic E-state index is 0.0255. The maximum absolute atomic E-state index is 12.1. The van der Waals surface area contributed by atoms with Crippen molar-refractivity contribution in [3.05, 3.63) is 76.1 Å². The lowest BCUT2D eigenvalue weighted by Gasteiger charge is -2.07. The largest absolute Gasteiger partial charge is 0.463 e. The van der Waals surface area contributed by atoms with Crippen molar-refractivity contribution >= 4 is 29.1 Å². The van der Waals surface area contributed by atoms with Gasteiger partial charge in [-0.25, -0.2) is 0 Å². The Morgan fingerprint density at radius 3 is 2.72 bits per heavy atom. The smallest absolute Gasteiger partial charge is 0.220 e. The molecule has 0 aliphatic rings. The van der Waals surface area contributed by atoms with Crippen molar-refractivity contribution in [2.45, 2.75) is 19.4 Å². The molecule has 2 aromatic heterocycles. The van der Waals surface area contributed by atoms with E-state index in [0.29, 0.717) is 35.2 Å². The Morgan fingerprint density at radius 1 is 1.08 bits per heavy atom. The summed E-state index contributed by atoms with van der Waals surface area (Å²) in [6.07, 6.45) is 4.30. The van der Waals surface area contributed by atoms with E-state index in [4.69, 9.17) is 27.6 Å². The summed E-state index contributed by atoms with van der Waals surface area (Å²) < 4.78 is 5.34. The van der Waals surface area contributed by atoms with Crippen molar-refractivity contribution < 1.29 is 9.21 Å². The van der Waals surface area contributed by atoms with E-state index >= 15 is 0 Å². The number of benzene rings is 1. The predicted octanol–water partition coefficient (Wildman–Crippen LogP) is 4.90. The summed E-state index contributed by atoms with van der Waals surface area (Å²) in [7, 11) is 0. The fourth-order valence-electron chi connectivity index (χ4n) is 2.39. The number of hydrogen-bond acceptors (Lipinski definition) is 3. The number of furan rings is 1. The zero-order chi connectivity index (χ0) is 17.6. The zero-order valence-corrected chi connectivity index (χ0v) is 14.8. The minimum atomic E-state index is -0.0255. The molecule has 1 amide bonds. The molecule has 0 unspecified atom stereocenters. The van der Waals surface area contributed by atoms with Crippen LogP contribution in [0.1, 0.15) is 17.5 Å². The molecule has 128 valence electrons. The molecule has 3 rings (SSSR count).